The summed E-state index contributed by atoms with van der Waals surface area (Å²) in [5.41, 5.74) is 2.89. The van der Waals surface area contributed by atoms with Gasteiger partial charge in [-0.15, -0.1) is 0 Å². The number of nitrogens with one attached hydrogen (secondary N) is 2. The Morgan fingerprint density at radius 3 is 2.42 bits per heavy atom. The van der Waals surface area contributed by atoms with Crippen LogP contribution in [0.25, 0.3) is 10.9 Å². The van der Waals surface area contributed by atoms with Crippen LogP contribution in [0.15, 0.2) is 48.5 Å². The largest absolute Gasteiger partial charge is 0.386 e. The second-order valence-corrected chi connectivity index (χ2v) is 10.1. The number of carbonyl (C=O) groups is 1. The molecule has 0 radical (unpaired) electrons. The van der Waals surface area contributed by atoms with Crippen LogP contribution in [0.2, 0.25) is 0 Å². The van der Waals surface area contributed by atoms with Crippen LogP contribution in [-0.2, 0) is 15.6 Å². The van der Waals surface area contributed by atoms with Gasteiger partial charge in [0.25, 0.3) is 5.91 Å². The highest BCUT2D eigenvalue weighted by Gasteiger charge is 2.18. The lowest BCUT2D eigenvalue weighted by Gasteiger charge is -2.18. The van der Waals surface area contributed by atoms with Crippen molar-refractivity contribution in [3.05, 3.63) is 70.9 Å². The molecular formula is C23H27N3O4S. The lowest BCUT2D eigenvalue weighted by molar-refractivity contribution is 0.0787. The first-order valence-electron chi connectivity index (χ1n) is 9.86. The van der Waals surface area contributed by atoms with Crippen LogP contribution in [-0.4, -0.2) is 30.7 Å². The Bertz CT molecular complexity index is 1250. The van der Waals surface area contributed by atoms with E-state index < -0.39 is 15.6 Å². The molecule has 0 unspecified atom stereocenters. The molecule has 3 rings (SSSR count). The molecule has 0 bridgehead atoms. The van der Waals surface area contributed by atoms with Gasteiger partial charge in [0.05, 0.1) is 29.1 Å². The lowest BCUT2D eigenvalue weighted by Crippen LogP contribution is -2.27. The van der Waals surface area contributed by atoms with Crippen molar-refractivity contribution < 1.29 is 18.3 Å². The van der Waals surface area contributed by atoms with E-state index in [4.69, 9.17) is 0 Å². The molecule has 0 aliphatic carbocycles. The number of amides is 1. The predicted molar refractivity (Wildman–Crippen MR) is 123 cm³/mol. The molecular weight excluding hydrogens is 414 g/mol. The first-order chi connectivity index (χ1) is 14.3. The number of benzene rings is 2. The highest BCUT2D eigenvalue weighted by molar-refractivity contribution is 7.92. The summed E-state index contributed by atoms with van der Waals surface area (Å²) in [6.07, 6.45) is 1.10. The Hall–Kier alpha value is -2.97. The Balaban J connectivity index is 1.77. The van der Waals surface area contributed by atoms with Gasteiger partial charge in [-0.1, -0.05) is 24.3 Å². The molecule has 3 N–H and O–H groups in total. The minimum Gasteiger partial charge on any atom is -0.386 e. The molecule has 0 fully saturated rings. The molecule has 164 valence electrons. The van der Waals surface area contributed by atoms with Crippen LogP contribution in [0.5, 0.6) is 0 Å². The highest BCUT2D eigenvalue weighted by Crippen LogP contribution is 2.25. The van der Waals surface area contributed by atoms with Crippen LogP contribution in [0, 0.1) is 6.92 Å². The molecule has 7 nitrogen and oxygen atoms in total. The van der Waals surface area contributed by atoms with Crippen molar-refractivity contribution in [1.82, 2.24) is 10.3 Å². The second kappa shape index (κ2) is 8.28. The van der Waals surface area contributed by atoms with Gasteiger partial charge in [-0.05, 0) is 68.7 Å². The van der Waals surface area contributed by atoms with Crippen molar-refractivity contribution in [3.8, 4) is 0 Å². The van der Waals surface area contributed by atoms with E-state index in [-0.39, 0.29) is 11.9 Å². The van der Waals surface area contributed by atoms with Gasteiger partial charge in [-0.2, -0.15) is 0 Å². The first-order valence-corrected chi connectivity index (χ1v) is 11.8. The third-order valence-corrected chi connectivity index (χ3v) is 5.61. The summed E-state index contributed by atoms with van der Waals surface area (Å²) in [5, 5.41) is 13.9. The van der Waals surface area contributed by atoms with Crippen molar-refractivity contribution in [2.45, 2.75) is 39.3 Å². The molecule has 31 heavy (non-hydrogen) atoms. The van der Waals surface area contributed by atoms with E-state index >= 15 is 0 Å². The van der Waals surface area contributed by atoms with Gasteiger partial charge in [0.1, 0.15) is 5.69 Å². The fourth-order valence-electron chi connectivity index (χ4n) is 3.26. The Kier molecular flexibility index (Phi) is 6.07. The molecule has 1 amide bonds. The third kappa shape index (κ3) is 5.59. The maximum atomic E-state index is 12.7. The summed E-state index contributed by atoms with van der Waals surface area (Å²) in [6.45, 7) is 7.10. The molecule has 0 aliphatic rings. The van der Waals surface area contributed by atoms with Gasteiger partial charge >= 0.3 is 0 Å². The zero-order valence-corrected chi connectivity index (χ0v) is 19.0. The molecule has 1 aromatic heterocycles. The smallest absolute Gasteiger partial charge is 0.270 e. The van der Waals surface area contributed by atoms with Crippen LogP contribution in [0.3, 0.4) is 0 Å². The van der Waals surface area contributed by atoms with Crippen molar-refractivity contribution in [2.24, 2.45) is 0 Å². The molecule has 0 saturated heterocycles. The number of rotatable bonds is 6. The number of aromatic nitrogens is 1. The minimum atomic E-state index is -3.36. The fourth-order valence-corrected chi connectivity index (χ4v) is 3.89. The van der Waals surface area contributed by atoms with E-state index in [9.17, 15) is 18.3 Å². The Labute approximate surface area is 182 Å². The molecule has 1 heterocycles. The first kappa shape index (κ1) is 22.7. The van der Waals surface area contributed by atoms with E-state index in [0.29, 0.717) is 16.9 Å². The van der Waals surface area contributed by atoms with E-state index in [1.54, 1.807) is 51.1 Å². The van der Waals surface area contributed by atoms with E-state index in [0.717, 1.165) is 28.3 Å². The number of carbonyl (C=O) groups excluding carboxylic acids is 1. The minimum absolute atomic E-state index is 0.294. The van der Waals surface area contributed by atoms with E-state index in [2.05, 4.69) is 15.0 Å². The van der Waals surface area contributed by atoms with Gasteiger partial charge in [-0.25, -0.2) is 13.4 Å². The van der Waals surface area contributed by atoms with Crippen LogP contribution in [0.1, 0.15) is 54.0 Å². The lowest BCUT2D eigenvalue weighted by atomic mass is 9.97. The zero-order chi connectivity index (χ0) is 23.0. The molecule has 0 spiro atoms. The standard InChI is InChI=1S/C23H27N3O4S/c1-14-12-16(6-9-19(14)26-31(5,29)30)15(2)24-22(27)21-10-7-17-13-18(23(3,4)28)8-11-20(17)25-21/h6-13,15,26,28H,1-5H3,(H,24,27)/t15-/m1/s1. The average Bonchev–Trinajstić information content (AvgIpc) is 2.66. The van der Waals surface area contributed by atoms with Crippen molar-refractivity contribution in [3.63, 3.8) is 0 Å². The number of sulfonamides is 1. The normalized spacial score (nSPS) is 13.1. The summed E-state index contributed by atoms with van der Waals surface area (Å²) in [7, 11) is -3.36. The van der Waals surface area contributed by atoms with Crippen LogP contribution < -0.4 is 10.0 Å². The second-order valence-electron chi connectivity index (χ2n) is 8.31. The fraction of sp³-hybridized carbons (Fsp3) is 0.304. The van der Waals surface area contributed by atoms with Crippen LogP contribution in [0.4, 0.5) is 5.69 Å². The van der Waals surface area contributed by atoms with Gasteiger partial charge in [0, 0.05) is 5.39 Å². The van der Waals surface area contributed by atoms with Crippen molar-refractivity contribution in [2.75, 3.05) is 11.0 Å². The number of hydrogen-bond acceptors (Lipinski definition) is 5. The van der Waals surface area contributed by atoms with Gasteiger partial charge in [0.15, 0.2) is 0 Å². The quantitative estimate of drug-likeness (QED) is 0.541. The maximum Gasteiger partial charge on any atom is 0.270 e. The number of nitrogens with zero attached hydrogens (tertiary/aromatic N) is 1. The van der Waals surface area contributed by atoms with E-state index in [1.807, 2.05) is 25.1 Å². The Morgan fingerprint density at radius 1 is 1.10 bits per heavy atom. The van der Waals surface area contributed by atoms with E-state index in [1.165, 1.54) is 0 Å². The number of anilines is 1. The topological polar surface area (TPSA) is 108 Å². The van der Waals surface area contributed by atoms with Crippen molar-refractivity contribution in [1.29, 1.82) is 0 Å². The SMILES string of the molecule is Cc1cc([C@@H](C)NC(=O)c2ccc3cc(C(C)(C)O)ccc3n2)ccc1NS(C)(=O)=O. The highest BCUT2D eigenvalue weighted by atomic mass is 32.2. The predicted octanol–water partition coefficient (Wildman–Crippen LogP) is 3.63. The number of aryl methyl sites for hydroxylation is 1. The number of aliphatic hydroxyl groups is 1. The summed E-state index contributed by atoms with van der Waals surface area (Å²) in [6, 6.07) is 13.9. The summed E-state index contributed by atoms with van der Waals surface area (Å²) in [5.74, 6) is -0.308. The summed E-state index contributed by atoms with van der Waals surface area (Å²) >= 11 is 0. The number of pyridine rings is 1. The van der Waals surface area contributed by atoms with Crippen molar-refractivity contribution >= 4 is 32.5 Å². The molecule has 3 aromatic rings. The summed E-state index contributed by atoms with van der Waals surface area (Å²) < 4.78 is 25.4. The number of fused-ring (bicyclic) bond motifs is 1. The van der Waals surface area contributed by atoms with Gasteiger partial charge in [-0.3, -0.25) is 9.52 Å². The van der Waals surface area contributed by atoms with Gasteiger partial charge < -0.3 is 10.4 Å². The molecule has 1 atom stereocenters. The molecule has 0 saturated carbocycles. The molecule has 0 aliphatic heterocycles. The molecule has 8 heteroatoms. The van der Waals surface area contributed by atoms with Crippen LogP contribution >= 0.6 is 0 Å². The average molecular weight is 442 g/mol. The number of hydrogen-bond donors (Lipinski definition) is 3. The zero-order valence-electron chi connectivity index (χ0n) is 18.2. The molecule has 2 aromatic carbocycles. The Morgan fingerprint density at radius 2 is 1.81 bits per heavy atom. The third-order valence-electron chi connectivity index (χ3n) is 5.02. The van der Waals surface area contributed by atoms with Gasteiger partial charge in [0.2, 0.25) is 10.0 Å². The monoisotopic (exact) mass is 441 g/mol. The summed E-state index contributed by atoms with van der Waals surface area (Å²) in [4.78, 5) is 17.2. The maximum absolute atomic E-state index is 12.7.